The molecule has 2 aromatic heterocycles. The lowest BCUT2D eigenvalue weighted by Crippen LogP contribution is -2.60. The predicted molar refractivity (Wildman–Crippen MR) is 144 cm³/mol. The zero-order valence-corrected chi connectivity index (χ0v) is 23.0. The van der Waals surface area contributed by atoms with E-state index >= 15 is 0 Å². The number of piperazine rings is 1. The van der Waals surface area contributed by atoms with Crippen molar-refractivity contribution in [3.05, 3.63) is 50.0 Å². The lowest BCUT2D eigenvalue weighted by molar-refractivity contribution is -0.144. The molecule has 0 aliphatic carbocycles. The maximum Gasteiger partial charge on any atom is 0.263 e. The number of alkyl halides is 1. The van der Waals surface area contributed by atoms with Crippen molar-refractivity contribution >= 4 is 43.4 Å². The highest BCUT2D eigenvalue weighted by Crippen LogP contribution is 2.37. The summed E-state index contributed by atoms with van der Waals surface area (Å²) in [4.78, 5) is 37.7. The van der Waals surface area contributed by atoms with Crippen LogP contribution in [0.1, 0.15) is 11.8 Å². The molecule has 3 aromatic rings. The Kier molecular flexibility index (Phi) is 7.20. The molecule has 2 saturated heterocycles. The van der Waals surface area contributed by atoms with E-state index in [0.717, 1.165) is 26.2 Å². The third kappa shape index (κ3) is 5.48. The van der Waals surface area contributed by atoms with E-state index in [4.69, 9.17) is 0 Å². The van der Waals surface area contributed by atoms with Gasteiger partial charge in [0.05, 0.1) is 40.7 Å². The molecular formula is C26H26BrF2N5O2S. The minimum atomic E-state index is -1.39. The molecule has 4 heterocycles. The van der Waals surface area contributed by atoms with Gasteiger partial charge in [0, 0.05) is 31.7 Å². The second-order valence-electron chi connectivity index (χ2n) is 9.84. The fourth-order valence-corrected chi connectivity index (χ4v) is 5.97. The number of amides is 1. The van der Waals surface area contributed by atoms with E-state index < -0.39 is 11.5 Å². The number of hydrogen-bond acceptors (Lipinski definition) is 6. The number of likely N-dealkylation sites (tertiary alicyclic amines) is 1. The quantitative estimate of drug-likeness (QED) is 0.437. The van der Waals surface area contributed by atoms with Crippen LogP contribution in [0.3, 0.4) is 0 Å². The molecule has 37 heavy (non-hydrogen) atoms. The summed E-state index contributed by atoms with van der Waals surface area (Å²) in [6.45, 7) is 5.69. The number of likely N-dealkylation sites (N-methyl/N-ethyl adjacent to an activating group) is 1. The molecule has 11 heteroatoms. The second kappa shape index (κ2) is 10.3. The average Bonchev–Trinajstić information content (AvgIpc) is 3.21. The highest BCUT2D eigenvalue weighted by atomic mass is 79.9. The standard InChI is InChI=1S/C26H26BrF2N5O2S/c1-26(29)14-34(15-26)21(35)13-33-16-30-24-23(25(33)36)22(17-5-6-19(28)18(27)12-17)20(37-24)4-3-7-32-10-8-31(2)9-11-32/h5-6,12,16H,7-11,13-15H2,1-2H3. The van der Waals surface area contributed by atoms with Crippen LogP contribution in [-0.2, 0) is 11.3 Å². The van der Waals surface area contributed by atoms with Gasteiger partial charge in [0.1, 0.15) is 22.9 Å². The third-order valence-electron chi connectivity index (χ3n) is 6.69. The van der Waals surface area contributed by atoms with Crippen LogP contribution in [0.2, 0.25) is 0 Å². The summed E-state index contributed by atoms with van der Waals surface area (Å²) in [5.74, 6) is 5.71. The average molecular weight is 590 g/mol. The molecule has 0 radical (unpaired) electrons. The van der Waals surface area contributed by atoms with Crippen molar-refractivity contribution in [3.63, 3.8) is 0 Å². The number of thiophene rings is 1. The minimum Gasteiger partial charge on any atom is -0.335 e. The first-order valence-electron chi connectivity index (χ1n) is 11.9. The summed E-state index contributed by atoms with van der Waals surface area (Å²) in [6.07, 6.45) is 1.35. The molecule has 7 nitrogen and oxygen atoms in total. The topological polar surface area (TPSA) is 61.7 Å². The van der Waals surface area contributed by atoms with E-state index in [9.17, 15) is 18.4 Å². The molecule has 2 aliphatic heterocycles. The van der Waals surface area contributed by atoms with Crippen molar-refractivity contribution < 1.29 is 13.6 Å². The van der Waals surface area contributed by atoms with Gasteiger partial charge >= 0.3 is 0 Å². The molecular weight excluding hydrogens is 564 g/mol. The number of nitrogens with zero attached hydrogens (tertiary/aromatic N) is 5. The number of benzene rings is 1. The van der Waals surface area contributed by atoms with E-state index in [1.54, 1.807) is 12.1 Å². The molecule has 1 aromatic carbocycles. The highest BCUT2D eigenvalue weighted by molar-refractivity contribution is 9.10. The van der Waals surface area contributed by atoms with E-state index in [-0.39, 0.29) is 35.6 Å². The predicted octanol–water partition coefficient (Wildman–Crippen LogP) is 3.20. The minimum absolute atomic E-state index is 0.0105. The number of halogens is 3. The summed E-state index contributed by atoms with van der Waals surface area (Å²) in [5.41, 5.74) is -0.578. The Bertz CT molecular complexity index is 1480. The van der Waals surface area contributed by atoms with Crippen LogP contribution in [0.4, 0.5) is 8.78 Å². The number of rotatable bonds is 4. The van der Waals surface area contributed by atoms with Gasteiger partial charge < -0.3 is 9.80 Å². The summed E-state index contributed by atoms with van der Waals surface area (Å²) in [7, 11) is 2.10. The van der Waals surface area contributed by atoms with Crippen LogP contribution in [-0.4, -0.2) is 88.7 Å². The molecule has 194 valence electrons. The largest absolute Gasteiger partial charge is 0.335 e. The number of aromatic nitrogens is 2. The fraction of sp³-hybridized carbons (Fsp3) is 0.423. The van der Waals surface area contributed by atoms with Gasteiger partial charge in [0.15, 0.2) is 0 Å². The lowest BCUT2D eigenvalue weighted by atomic mass is 9.99. The van der Waals surface area contributed by atoms with Crippen LogP contribution in [0, 0.1) is 17.7 Å². The van der Waals surface area contributed by atoms with Crippen molar-refractivity contribution in [2.75, 3.05) is 52.9 Å². The molecule has 0 spiro atoms. The number of carbonyl (C=O) groups excluding carboxylic acids is 1. The zero-order valence-electron chi connectivity index (χ0n) is 20.6. The third-order valence-corrected chi connectivity index (χ3v) is 8.31. The van der Waals surface area contributed by atoms with Crippen LogP contribution in [0.5, 0.6) is 0 Å². The molecule has 0 atom stereocenters. The van der Waals surface area contributed by atoms with Crippen molar-refractivity contribution in [1.82, 2.24) is 24.3 Å². The van der Waals surface area contributed by atoms with Crippen LogP contribution in [0.15, 0.2) is 33.8 Å². The molecule has 2 fully saturated rings. The lowest BCUT2D eigenvalue weighted by Gasteiger charge is -2.42. The second-order valence-corrected chi connectivity index (χ2v) is 11.7. The van der Waals surface area contributed by atoms with Gasteiger partial charge in [-0.25, -0.2) is 13.8 Å². The van der Waals surface area contributed by atoms with E-state index in [1.165, 1.54) is 40.1 Å². The first-order valence-corrected chi connectivity index (χ1v) is 13.6. The molecule has 5 rings (SSSR count). The van der Waals surface area contributed by atoms with Gasteiger partial charge in [0.2, 0.25) is 5.91 Å². The Morgan fingerprint density at radius 1 is 1.24 bits per heavy atom. The molecule has 0 bridgehead atoms. The number of fused-ring (bicyclic) bond motifs is 1. The van der Waals surface area contributed by atoms with Crippen molar-refractivity contribution in [1.29, 1.82) is 0 Å². The maximum absolute atomic E-state index is 14.0. The van der Waals surface area contributed by atoms with Gasteiger partial charge in [-0.1, -0.05) is 17.9 Å². The van der Waals surface area contributed by atoms with Gasteiger partial charge in [-0.2, -0.15) is 0 Å². The monoisotopic (exact) mass is 589 g/mol. The first-order chi connectivity index (χ1) is 17.6. The zero-order chi connectivity index (χ0) is 26.3. The van der Waals surface area contributed by atoms with Crippen molar-refractivity contribution in [2.24, 2.45) is 0 Å². The first kappa shape index (κ1) is 26.0. The SMILES string of the molecule is CN1CCN(CC#Cc2sc3ncn(CC(=O)N4CC(C)(F)C4)c(=O)c3c2-c2ccc(F)c(Br)c2)CC1. The molecule has 0 N–H and O–H groups in total. The molecule has 1 amide bonds. The van der Waals surface area contributed by atoms with Crippen LogP contribution >= 0.6 is 27.3 Å². The molecule has 0 unspecified atom stereocenters. The molecule has 2 aliphatic rings. The fourth-order valence-electron chi connectivity index (χ4n) is 4.56. The van der Waals surface area contributed by atoms with E-state index in [2.05, 4.69) is 49.6 Å². The Labute approximate surface area is 225 Å². The summed E-state index contributed by atoms with van der Waals surface area (Å²) in [6, 6.07) is 4.56. The smallest absolute Gasteiger partial charge is 0.263 e. The van der Waals surface area contributed by atoms with Crippen molar-refractivity contribution in [3.8, 4) is 23.0 Å². The van der Waals surface area contributed by atoms with Crippen LogP contribution in [0.25, 0.3) is 21.3 Å². The van der Waals surface area contributed by atoms with Gasteiger partial charge in [-0.15, -0.1) is 11.3 Å². The van der Waals surface area contributed by atoms with Gasteiger partial charge in [-0.3, -0.25) is 19.1 Å². The highest BCUT2D eigenvalue weighted by Gasteiger charge is 2.41. The Morgan fingerprint density at radius 2 is 1.97 bits per heavy atom. The Morgan fingerprint density at radius 3 is 2.65 bits per heavy atom. The Balaban J connectivity index is 1.52. The number of carbonyl (C=O) groups is 1. The number of hydrogen-bond donors (Lipinski definition) is 0. The van der Waals surface area contributed by atoms with E-state index in [1.807, 2.05) is 0 Å². The Hall–Kier alpha value is -2.65. The maximum atomic E-state index is 14.0. The normalized spacial score (nSPS) is 17.9. The van der Waals surface area contributed by atoms with Gasteiger partial charge in [0.25, 0.3) is 5.56 Å². The summed E-state index contributed by atoms with van der Waals surface area (Å²) in [5, 5.41) is 0.335. The van der Waals surface area contributed by atoms with Crippen LogP contribution < -0.4 is 5.56 Å². The van der Waals surface area contributed by atoms with E-state index in [0.29, 0.717) is 32.8 Å². The van der Waals surface area contributed by atoms with Crippen molar-refractivity contribution in [2.45, 2.75) is 19.1 Å². The molecule has 0 saturated carbocycles. The van der Waals surface area contributed by atoms with Gasteiger partial charge in [-0.05, 0) is 47.6 Å². The summed E-state index contributed by atoms with van der Waals surface area (Å²) < 4.78 is 29.4. The summed E-state index contributed by atoms with van der Waals surface area (Å²) >= 11 is 4.54.